The molecule has 0 heterocycles. The molecular formula is C22H27N3O7S. The second-order valence-electron chi connectivity index (χ2n) is 7.37. The minimum absolute atomic E-state index is 0.0346. The van der Waals surface area contributed by atoms with E-state index < -0.39 is 27.9 Å². The van der Waals surface area contributed by atoms with Crippen molar-refractivity contribution in [3.63, 3.8) is 0 Å². The molecule has 1 fully saturated rings. The number of nitrogens with one attached hydrogen (secondary N) is 3. The Morgan fingerprint density at radius 3 is 2.33 bits per heavy atom. The molecule has 0 radical (unpaired) electrons. The van der Waals surface area contributed by atoms with Crippen molar-refractivity contribution in [1.82, 2.24) is 15.6 Å². The van der Waals surface area contributed by atoms with Crippen molar-refractivity contribution in [2.75, 3.05) is 13.7 Å². The molecule has 0 saturated heterocycles. The number of benzene rings is 2. The Balaban J connectivity index is 1.60. The van der Waals surface area contributed by atoms with Gasteiger partial charge in [0.05, 0.1) is 13.7 Å². The van der Waals surface area contributed by atoms with Gasteiger partial charge in [-0.3, -0.25) is 20.4 Å². The lowest BCUT2D eigenvalue weighted by Crippen LogP contribution is -2.47. The van der Waals surface area contributed by atoms with Gasteiger partial charge in [-0.2, -0.15) is 0 Å². The topological polar surface area (TPSA) is 132 Å². The molecule has 0 aliphatic heterocycles. The van der Waals surface area contributed by atoms with Gasteiger partial charge in [0, 0.05) is 11.6 Å². The van der Waals surface area contributed by atoms with E-state index in [2.05, 4.69) is 15.6 Å². The third-order valence-corrected chi connectivity index (χ3v) is 6.27. The average Bonchev–Trinajstić information content (AvgIpc) is 3.61. The Hall–Kier alpha value is -3.31. The van der Waals surface area contributed by atoms with Crippen molar-refractivity contribution in [2.45, 2.75) is 43.7 Å². The molecule has 0 bridgehead atoms. The quantitative estimate of drug-likeness (QED) is 0.444. The van der Waals surface area contributed by atoms with Crippen LogP contribution >= 0.6 is 0 Å². The molecular weight excluding hydrogens is 450 g/mol. The molecule has 1 aliphatic carbocycles. The van der Waals surface area contributed by atoms with E-state index in [1.807, 2.05) is 6.92 Å². The molecule has 1 saturated carbocycles. The normalized spacial score (nSPS) is 14.2. The Labute approximate surface area is 192 Å². The number of carbonyl (C=O) groups excluding carboxylic acids is 2. The van der Waals surface area contributed by atoms with Gasteiger partial charge in [-0.1, -0.05) is 0 Å². The Kier molecular flexibility index (Phi) is 7.77. The summed E-state index contributed by atoms with van der Waals surface area (Å²) in [6.45, 7) is 3.94. The highest BCUT2D eigenvalue weighted by Crippen LogP contribution is 2.28. The number of ether oxygens (including phenoxy) is 3. The molecule has 2 aromatic rings. The van der Waals surface area contributed by atoms with Crippen LogP contribution < -0.4 is 29.8 Å². The number of methoxy groups -OCH3 is 1. The highest BCUT2D eigenvalue weighted by Gasteiger charge is 2.30. The zero-order valence-electron chi connectivity index (χ0n) is 18.6. The summed E-state index contributed by atoms with van der Waals surface area (Å²) in [4.78, 5) is 24.7. The fourth-order valence-corrected chi connectivity index (χ4v) is 4.34. The van der Waals surface area contributed by atoms with E-state index in [0.717, 1.165) is 12.8 Å². The van der Waals surface area contributed by atoms with Crippen molar-refractivity contribution in [3.05, 3.63) is 48.0 Å². The minimum Gasteiger partial charge on any atom is -0.495 e. The van der Waals surface area contributed by atoms with Crippen LogP contribution in [0.4, 0.5) is 0 Å². The molecule has 2 aromatic carbocycles. The predicted octanol–water partition coefficient (Wildman–Crippen LogP) is 1.76. The standard InChI is InChI=1S/C22H27N3O7S/c1-4-31-17-8-10-18(11-9-17)32-14(2)21(26)23-24-22(27)15-5-12-19(30-3)20(13-15)33(28,29)25-16-6-7-16/h5,8-14,16,25H,4,6-7H2,1-3H3,(H,23,26)(H,24,27). The van der Waals surface area contributed by atoms with Crippen LogP contribution in [-0.4, -0.2) is 46.1 Å². The zero-order valence-corrected chi connectivity index (χ0v) is 19.4. The van der Waals surface area contributed by atoms with Crippen LogP contribution in [0.1, 0.15) is 37.0 Å². The molecule has 1 atom stereocenters. The van der Waals surface area contributed by atoms with E-state index in [1.54, 1.807) is 24.3 Å². The predicted molar refractivity (Wildman–Crippen MR) is 120 cm³/mol. The largest absolute Gasteiger partial charge is 0.495 e. The first-order valence-corrected chi connectivity index (χ1v) is 11.9. The number of sulfonamides is 1. The number of amides is 2. The summed E-state index contributed by atoms with van der Waals surface area (Å²) in [5, 5.41) is 0. The second kappa shape index (κ2) is 10.5. The van der Waals surface area contributed by atoms with Gasteiger partial charge < -0.3 is 14.2 Å². The van der Waals surface area contributed by atoms with Crippen molar-refractivity contribution in [1.29, 1.82) is 0 Å². The van der Waals surface area contributed by atoms with Crippen molar-refractivity contribution < 1.29 is 32.2 Å². The van der Waals surface area contributed by atoms with Gasteiger partial charge in [0.1, 0.15) is 22.1 Å². The Morgan fingerprint density at radius 2 is 1.73 bits per heavy atom. The first kappa shape index (κ1) is 24.3. The molecule has 178 valence electrons. The lowest BCUT2D eigenvalue weighted by atomic mass is 10.2. The molecule has 2 amide bonds. The third kappa shape index (κ3) is 6.59. The highest BCUT2D eigenvalue weighted by molar-refractivity contribution is 7.89. The SMILES string of the molecule is CCOc1ccc(OC(C)C(=O)NNC(=O)c2ccc(OC)c(S(=O)(=O)NC3CC3)c2)cc1. The summed E-state index contributed by atoms with van der Waals surface area (Å²) in [5.74, 6) is -0.0275. The van der Waals surface area contributed by atoms with Gasteiger partial charge in [0.25, 0.3) is 11.8 Å². The highest BCUT2D eigenvalue weighted by atomic mass is 32.2. The van der Waals surface area contributed by atoms with E-state index >= 15 is 0 Å². The van der Waals surface area contributed by atoms with Crippen LogP contribution in [0.25, 0.3) is 0 Å². The smallest absolute Gasteiger partial charge is 0.279 e. The molecule has 3 rings (SSSR count). The molecule has 1 aliphatic rings. The lowest BCUT2D eigenvalue weighted by Gasteiger charge is -2.16. The summed E-state index contributed by atoms with van der Waals surface area (Å²) in [5.41, 5.74) is 4.58. The van der Waals surface area contributed by atoms with Crippen LogP contribution in [0.3, 0.4) is 0 Å². The van der Waals surface area contributed by atoms with Gasteiger partial charge in [0.15, 0.2) is 6.10 Å². The summed E-state index contributed by atoms with van der Waals surface area (Å²) < 4.78 is 43.8. The fraction of sp³-hybridized carbons (Fsp3) is 0.364. The maximum Gasteiger partial charge on any atom is 0.279 e. The third-order valence-electron chi connectivity index (χ3n) is 4.73. The molecule has 0 aromatic heterocycles. The van der Waals surface area contributed by atoms with Crippen LogP contribution in [0.5, 0.6) is 17.2 Å². The molecule has 33 heavy (non-hydrogen) atoms. The van der Waals surface area contributed by atoms with E-state index in [9.17, 15) is 18.0 Å². The lowest BCUT2D eigenvalue weighted by molar-refractivity contribution is -0.128. The maximum absolute atomic E-state index is 12.6. The van der Waals surface area contributed by atoms with E-state index in [-0.39, 0.29) is 22.3 Å². The summed E-state index contributed by atoms with van der Waals surface area (Å²) >= 11 is 0. The van der Waals surface area contributed by atoms with Gasteiger partial charge in [-0.25, -0.2) is 13.1 Å². The van der Waals surface area contributed by atoms with Crippen molar-refractivity contribution in [2.24, 2.45) is 0 Å². The first-order valence-electron chi connectivity index (χ1n) is 10.4. The Bertz CT molecular complexity index is 1100. The number of hydrogen-bond donors (Lipinski definition) is 3. The van der Waals surface area contributed by atoms with E-state index in [1.165, 1.54) is 32.2 Å². The van der Waals surface area contributed by atoms with Crippen LogP contribution in [-0.2, 0) is 14.8 Å². The number of carbonyl (C=O) groups is 2. The molecule has 3 N–H and O–H groups in total. The van der Waals surface area contributed by atoms with Gasteiger partial charge in [-0.15, -0.1) is 0 Å². The molecule has 10 nitrogen and oxygen atoms in total. The summed E-state index contributed by atoms with van der Waals surface area (Å²) in [6, 6.07) is 10.7. The van der Waals surface area contributed by atoms with Crippen LogP contribution in [0.2, 0.25) is 0 Å². The fourth-order valence-electron chi connectivity index (χ4n) is 2.84. The first-order chi connectivity index (χ1) is 15.7. The number of hydrazine groups is 1. The van der Waals surface area contributed by atoms with Gasteiger partial charge in [0.2, 0.25) is 10.0 Å². The number of hydrogen-bond acceptors (Lipinski definition) is 7. The summed E-state index contributed by atoms with van der Waals surface area (Å²) in [7, 11) is -2.51. The minimum atomic E-state index is -3.85. The molecule has 11 heteroatoms. The molecule has 0 spiro atoms. The Morgan fingerprint density at radius 1 is 1.06 bits per heavy atom. The van der Waals surface area contributed by atoms with Crippen molar-refractivity contribution in [3.8, 4) is 17.2 Å². The van der Waals surface area contributed by atoms with Crippen LogP contribution in [0.15, 0.2) is 47.4 Å². The van der Waals surface area contributed by atoms with Gasteiger partial charge >= 0.3 is 0 Å². The molecule has 1 unspecified atom stereocenters. The summed E-state index contributed by atoms with van der Waals surface area (Å²) in [6.07, 6.45) is 0.632. The zero-order chi connectivity index (χ0) is 24.0. The van der Waals surface area contributed by atoms with Crippen molar-refractivity contribution >= 4 is 21.8 Å². The maximum atomic E-state index is 12.6. The average molecular weight is 478 g/mol. The van der Waals surface area contributed by atoms with E-state index in [4.69, 9.17) is 14.2 Å². The van der Waals surface area contributed by atoms with Crippen LogP contribution in [0, 0.1) is 0 Å². The van der Waals surface area contributed by atoms with Gasteiger partial charge in [-0.05, 0) is 69.2 Å². The monoisotopic (exact) mass is 477 g/mol. The number of rotatable bonds is 10. The van der Waals surface area contributed by atoms with E-state index in [0.29, 0.717) is 18.1 Å². The second-order valence-corrected chi connectivity index (χ2v) is 9.05.